The molecule has 2 aromatic rings. The zero-order valence-electron chi connectivity index (χ0n) is 11.8. The predicted molar refractivity (Wildman–Crippen MR) is 82.1 cm³/mol. The van der Waals surface area contributed by atoms with Gasteiger partial charge in [0.25, 0.3) is 5.91 Å². The highest BCUT2D eigenvalue weighted by molar-refractivity contribution is 6.30. The lowest BCUT2D eigenvalue weighted by Crippen LogP contribution is -2.46. The average Bonchev–Trinajstić information content (AvgIpc) is 2.90. The lowest BCUT2D eigenvalue weighted by molar-refractivity contribution is 0.0735. The highest BCUT2D eigenvalue weighted by Gasteiger charge is 2.22. The van der Waals surface area contributed by atoms with Crippen molar-refractivity contribution in [2.45, 2.75) is 6.92 Å². The van der Waals surface area contributed by atoms with E-state index < -0.39 is 0 Å². The molecule has 1 aliphatic rings. The zero-order valence-corrected chi connectivity index (χ0v) is 12.6. The summed E-state index contributed by atoms with van der Waals surface area (Å²) in [6, 6.07) is 7.41. The molecule has 0 unspecified atom stereocenters. The molecule has 1 N–H and O–H groups in total. The van der Waals surface area contributed by atoms with E-state index >= 15 is 0 Å². The monoisotopic (exact) mass is 304 g/mol. The number of piperazine rings is 1. The van der Waals surface area contributed by atoms with Crippen LogP contribution in [0.3, 0.4) is 0 Å². The van der Waals surface area contributed by atoms with E-state index in [1.165, 1.54) is 0 Å². The van der Waals surface area contributed by atoms with Crippen LogP contribution in [0.4, 0.5) is 0 Å². The molecule has 1 amide bonds. The number of carbonyl (C=O) groups excluding carboxylic acids is 1. The van der Waals surface area contributed by atoms with Crippen LogP contribution < -0.4 is 5.32 Å². The summed E-state index contributed by atoms with van der Waals surface area (Å²) in [5.41, 5.74) is 2.41. The number of hydrogen-bond acceptors (Lipinski definition) is 3. The second-order valence-corrected chi connectivity index (χ2v) is 5.51. The molecule has 1 saturated heterocycles. The van der Waals surface area contributed by atoms with Crippen molar-refractivity contribution in [2.75, 3.05) is 26.2 Å². The van der Waals surface area contributed by atoms with E-state index in [4.69, 9.17) is 11.6 Å². The standard InChI is InChI=1S/C15H17ClN4O/c1-11-14(15(21)19-8-6-17-7-9-19)10-18-20(11)13-4-2-12(16)3-5-13/h2-5,10,17H,6-9H2,1H3. The largest absolute Gasteiger partial charge is 0.336 e. The van der Waals surface area contributed by atoms with Crippen LogP contribution in [-0.2, 0) is 0 Å². The second-order valence-electron chi connectivity index (χ2n) is 5.07. The number of rotatable bonds is 2. The van der Waals surface area contributed by atoms with Crippen molar-refractivity contribution < 1.29 is 4.79 Å². The molecule has 21 heavy (non-hydrogen) atoms. The first-order chi connectivity index (χ1) is 10.2. The number of benzene rings is 1. The Morgan fingerprint density at radius 1 is 1.24 bits per heavy atom. The normalized spacial score (nSPS) is 15.2. The Morgan fingerprint density at radius 3 is 2.57 bits per heavy atom. The molecule has 0 bridgehead atoms. The molecule has 1 fully saturated rings. The van der Waals surface area contributed by atoms with Crippen LogP contribution in [-0.4, -0.2) is 46.8 Å². The number of halogens is 1. The van der Waals surface area contributed by atoms with Gasteiger partial charge in [0, 0.05) is 31.2 Å². The smallest absolute Gasteiger partial charge is 0.257 e. The molecule has 2 heterocycles. The molecule has 6 heteroatoms. The van der Waals surface area contributed by atoms with Crippen LogP contribution >= 0.6 is 11.6 Å². The van der Waals surface area contributed by atoms with Gasteiger partial charge in [0.1, 0.15) is 0 Å². The average molecular weight is 305 g/mol. The molecule has 0 aliphatic carbocycles. The van der Waals surface area contributed by atoms with Gasteiger partial charge in [-0.2, -0.15) is 5.10 Å². The number of nitrogens with zero attached hydrogens (tertiary/aromatic N) is 3. The van der Waals surface area contributed by atoms with Gasteiger partial charge in [0.05, 0.1) is 23.1 Å². The molecule has 1 aromatic heterocycles. The Balaban J connectivity index is 1.88. The first-order valence-electron chi connectivity index (χ1n) is 6.97. The molecule has 110 valence electrons. The quantitative estimate of drug-likeness (QED) is 0.921. The van der Waals surface area contributed by atoms with E-state index in [9.17, 15) is 4.79 Å². The van der Waals surface area contributed by atoms with Crippen molar-refractivity contribution >= 4 is 17.5 Å². The Labute approximate surface area is 128 Å². The fourth-order valence-electron chi connectivity index (χ4n) is 2.50. The molecule has 1 aliphatic heterocycles. The van der Waals surface area contributed by atoms with Gasteiger partial charge in [0.15, 0.2) is 0 Å². The molecule has 0 radical (unpaired) electrons. The molecule has 0 atom stereocenters. The summed E-state index contributed by atoms with van der Waals surface area (Å²) in [5.74, 6) is 0.0502. The van der Waals surface area contributed by atoms with E-state index in [-0.39, 0.29) is 5.91 Å². The number of hydrogen-bond donors (Lipinski definition) is 1. The van der Waals surface area contributed by atoms with E-state index in [0.29, 0.717) is 10.6 Å². The van der Waals surface area contributed by atoms with Gasteiger partial charge in [-0.15, -0.1) is 0 Å². The predicted octanol–water partition coefficient (Wildman–Crippen LogP) is 1.88. The van der Waals surface area contributed by atoms with Crippen LogP contribution in [0.5, 0.6) is 0 Å². The summed E-state index contributed by atoms with van der Waals surface area (Å²) in [7, 11) is 0. The summed E-state index contributed by atoms with van der Waals surface area (Å²) in [5, 5.41) is 8.27. The van der Waals surface area contributed by atoms with Gasteiger partial charge in [-0.05, 0) is 31.2 Å². The summed E-state index contributed by atoms with van der Waals surface area (Å²) in [4.78, 5) is 14.4. The fraction of sp³-hybridized carbons (Fsp3) is 0.333. The van der Waals surface area contributed by atoms with Crippen molar-refractivity contribution in [2.24, 2.45) is 0 Å². The SMILES string of the molecule is Cc1c(C(=O)N2CCNCC2)cnn1-c1ccc(Cl)cc1. The van der Waals surface area contributed by atoms with Crippen molar-refractivity contribution in [1.29, 1.82) is 0 Å². The van der Waals surface area contributed by atoms with Gasteiger partial charge in [-0.25, -0.2) is 4.68 Å². The fourth-order valence-corrected chi connectivity index (χ4v) is 2.63. The zero-order chi connectivity index (χ0) is 14.8. The number of aromatic nitrogens is 2. The summed E-state index contributed by atoms with van der Waals surface area (Å²) in [6.07, 6.45) is 1.65. The minimum absolute atomic E-state index is 0.0502. The van der Waals surface area contributed by atoms with Crippen LogP contribution in [0, 0.1) is 6.92 Å². The maximum atomic E-state index is 12.5. The van der Waals surface area contributed by atoms with Gasteiger partial charge >= 0.3 is 0 Å². The number of carbonyl (C=O) groups is 1. The Morgan fingerprint density at radius 2 is 1.90 bits per heavy atom. The van der Waals surface area contributed by atoms with Crippen LogP contribution in [0.15, 0.2) is 30.5 Å². The van der Waals surface area contributed by atoms with Gasteiger partial charge in [-0.1, -0.05) is 11.6 Å². The lowest BCUT2D eigenvalue weighted by atomic mass is 10.2. The highest BCUT2D eigenvalue weighted by atomic mass is 35.5. The summed E-state index contributed by atoms with van der Waals surface area (Å²) in [6.45, 7) is 5.08. The van der Waals surface area contributed by atoms with Gasteiger partial charge in [0.2, 0.25) is 0 Å². The van der Waals surface area contributed by atoms with Crippen molar-refractivity contribution in [3.8, 4) is 5.69 Å². The first-order valence-corrected chi connectivity index (χ1v) is 7.35. The van der Waals surface area contributed by atoms with E-state index in [1.807, 2.05) is 36.1 Å². The van der Waals surface area contributed by atoms with Gasteiger partial charge in [-0.3, -0.25) is 4.79 Å². The van der Waals surface area contributed by atoms with Crippen molar-refractivity contribution in [3.05, 3.63) is 46.7 Å². The molecule has 3 rings (SSSR count). The summed E-state index contributed by atoms with van der Waals surface area (Å²) >= 11 is 5.90. The molecule has 0 saturated carbocycles. The first kappa shape index (κ1) is 14.1. The molecule has 0 spiro atoms. The minimum atomic E-state index is 0.0502. The third-order valence-electron chi connectivity index (χ3n) is 3.72. The third kappa shape index (κ3) is 2.80. The lowest BCUT2D eigenvalue weighted by Gasteiger charge is -2.27. The maximum absolute atomic E-state index is 12.5. The van der Waals surface area contributed by atoms with Crippen LogP contribution in [0.25, 0.3) is 5.69 Å². The Bertz CT molecular complexity index is 644. The minimum Gasteiger partial charge on any atom is -0.336 e. The third-order valence-corrected chi connectivity index (χ3v) is 3.97. The van der Waals surface area contributed by atoms with Crippen LogP contribution in [0.1, 0.15) is 16.1 Å². The van der Waals surface area contributed by atoms with Crippen LogP contribution in [0.2, 0.25) is 5.02 Å². The Hall–Kier alpha value is -1.85. The van der Waals surface area contributed by atoms with Gasteiger partial charge < -0.3 is 10.2 Å². The molecular formula is C15H17ClN4O. The van der Waals surface area contributed by atoms with E-state index in [2.05, 4.69) is 10.4 Å². The highest BCUT2D eigenvalue weighted by Crippen LogP contribution is 2.18. The maximum Gasteiger partial charge on any atom is 0.257 e. The number of amides is 1. The van der Waals surface area contributed by atoms with Crippen molar-refractivity contribution in [3.63, 3.8) is 0 Å². The molecule has 5 nitrogen and oxygen atoms in total. The van der Waals surface area contributed by atoms with E-state index in [0.717, 1.165) is 37.6 Å². The number of nitrogens with one attached hydrogen (secondary N) is 1. The summed E-state index contributed by atoms with van der Waals surface area (Å²) < 4.78 is 1.77. The van der Waals surface area contributed by atoms with Crippen molar-refractivity contribution in [1.82, 2.24) is 20.0 Å². The molecule has 1 aromatic carbocycles. The Kier molecular flexibility index (Phi) is 3.94. The topological polar surface area (TPSA) is 50.2 Å². The van der Waals surface area contributed by atoms with E-state index in [1.54, 1.807) is 10.9 Å². The second kappa shape index (κ2) is 5.87. The molecular weight excluding hydrogens is 288 g/mol.